The van der Waals surface area contributed by atoms with Crippen molar-refractivity contribution in [1.82, 2.24) is 15.2 Å². The molecule has 8 heteroatoms. The molecule has 1 aliphatic rings. The predicted octanol–water partition coefficient (Wildman–Crippen LogP) is 0.940. The van der Waals surface area contributed by atoms with Gasteiger partial charge in [0.25, 0.3) is 0 Å². The highest BCUT2D eigenvalue weighted by atomic mass is 32.1. The Hall–Kier alpha value is -1.67. The van der Waals surface area contributed by atoms with Crippen LogP contribution in [0.4, 0.5) is 4.79 Å². The number of urea groups is 1. The molecule has 1 fully saturated rings. The molecule has 0 aromatic carbocycles. The number of carbonyl (C=O) groups is 2. The first-order chi connectivity index (χ1) is 9.87. The molecule has 1 aliphatic heterocycles. The molecule has 0 saturated carbocycles. The second-order valence-electron chi connectivity index (χ2n) is 5.44. The van der Waals surface area contributed by atoms with Gasteiger partial charge in [0, 0.05) is 24.9 Å². The van der Waals surface area contributed by atoms with E-state index in [1.165, 1.54) is 16.7 Å². The second-order valence-corrected chi connectivity index (χ2v) is 6.38. The number of carbonyl (C=O) groups excluding carboxylic acids is 1. The fraction of sp³-hybridized carbons (Fsp3) is 0.615. The maximum atomic E-state index is 12.0. The molecule has 21 heavy (non-hydrogen) atoms. The molecular weight excluding hydrogens is 294 g/mol. The highest BCUT2D eigenvalue weighted by Gasteiger charge is 2.30. The third-order valence-corrected chi connectivity index (χ3v) is 4.26. The number of nitrogens with zero attached hydrogens (tertiary/aromatic N) is 2. The average molecular weight is 313 g/mol. The van der Waals surface area contributed by atoms with Gasteiger partial charge >= 0.3 is 12.0 Å². The Balaban J connectivity index is 1.77. The number of carboxylic acids is 1. The topological polar surface area (TPSA) is 103 Å². The van der Waals surface area contributed by atoms with Gasteiger partial charge in [0.2, 0.25) is 0 Å². The number of piperidine rings is 1. The van der Waals surface area contributed by atoms with Crippen LogP contribution in [0.25, 0.3) is 0 Å². The summed E-state index contributed by atoms with van der Waals surface area (Å²) in [4.78, 5) is 28.3. The summed E-state index contributed by atoms with van der Waals surface area (Å²) in [6, 6.07) is -0.204. The first kappa shape index (κ1) is 15.7. The van der Waals surface area contributed by atoms with Crippen molar-refractivity contribution < 1.29 is 19.8 Å². The van der Waals surface area contributed by atoms with Crippen LogP contribution in [0.1, 0.15) is 35.3 Å². The predicted molar refractivity (Wildman–Crippen MR) is 77.6 cm³/mol. The van der Waals surface area contributed by atoms with E-state index in [4.69, 9.17) is 5.11 Å². The second kappa shape index (κ2) is 6.40. The molecule has 1 saturated heterocycles. The molecular formula is C13H19N3O4S. The number of aromatic carboxylic acids is 1. The number of thiazole rings is 1. The summed E-state index contributed by atoms with van der Waals surface area (Å²) in [5, 5.41) is 23.7. The molecule has 1 atom stereocenters. The molecule has 1 aromatic rings. The van der Waals surface area contributed by atoms with Crippen LogP contribution in [0.3, 0.4) is 0 Å². The number of amides is 2. The monoisotopic (exact) mass is 313 g/mol. The molecule has 1 aromatic heterocycles. The van der Waals surface area contributed by atoms with Crippen LogP contribution in [0.5, 0.6) is 0 Å². The van der Waals surface area contributed by atoms with E-state index in [1.54, 1.807) is 11.8 Å². The Bertz CT molecular complexity index is 529. The zero-order valence-corrected chi connectivity index (χ0v) is 12.7. The average Bonchev–Trinajstić information content (AvgIpc) is 2.86. The summed E-state index contributed by atoms with van der Waals surface area (Å²) >= 11 is 1.27. The van der Waals surface area contributed by atoms with Crippen molar-refractivity contribution in [2.45, 2.75) is 31.8 Å². The molecule has 2 amide bonds. The van der Waals surface area contributed by atoms with Crippen molar-refractivity contribution >= 4 is 23.3 Å². The minimum atomic E-state index is -1.04. The fourth-order valence-electron chi connectivity index (χ4n) is 2.31. The standard InChI is InChI=1S/C13H19N3O4S/c1-13(20)4-2-6-16(8-13)12(19)14-5-3-10-15-9(7-21-10)11(17)18/h7,20H,2-6,8H2,1H3,(H,14,19)(H,17,18). The van der Waals surface area contributed by atoms with E-state index in [-0.39, 0.29) is 11.7 Å². The number of nitrogens with one attached hydrogen (secondary N) is 1. The van der Waals surface area contributed by atoms with Gasteiger partial charge in [-0.05, 0) is 19.8 Å². The molecule has 0 aliphatic carbocycles. The zero-order chi connectivity index (χ0) is 15.5. The van der Waals surface area contributed by atoms with Crippen molar-refractivity contribution in [3.8, 4) is 0 Å². The normalized spacial score (nSPS) is 22.1. The van der Waals surface area contributed by atoms with Crippen molar-refractivity contribution in [2.75, 3.05) is 19.6 Å². The number of rotatable bonds is 4. The highest BCUT2D eigenvalue weighted by molar-refractivity contribution is 7.09. The molecule has 116 valence electrons. The number of β-amino-alcohol motifs (C(OH)–C–C–N with tert-alkyl or cyclic N) is 1. The van der Waals surface area contributed by atoms with Gasteiger partial charge in [0.1, 0.15) is 0 Å². The lowest BCUT2D eigenvalue weighted by Crippen LogP contribution is -2.52. The SMILES string of the molecule is CC1(O)CCCN(C(=O)NCCc2nc(C(=O)O)cs2)C1. The zero-order valence-electron chi connectivity index (χ0n) is 11.8. The molecule has 0 radical (unpaired) electrons. The number of hydrogen-bond donors (Lipinski definition) is 3. The van der Waals surface area contributed by atoms with E-state index in [0.717, 1.165) is 6.42 Å². The van der Waals surface area contributed by atoms with Crippen molar-refractivity contribution in [3.63, 3.8) is 0 Å². The molecule has 0 bridgehead atoms. The molecule has 2 heterocycles. The fourth-order valence-corrected chi connectivity index (χ4v) is 3.08. The van der Waals surface area contributed by atoms with Gasteiger partial charge in [-0.3, -0.25) is 0 Å². The van der Waals surface area contributed by atoms with Crippen LogP contribution in [0.2, 0.25) is 0 Å². The number of aliphatic hydroxyl groups is 1. The molecule has 2 rings (SSSR count). The van der Waals surface area contributed by atoms with Crippen LogP contribution in [0.15, 0.2) is 5.38 Å². The summed E-state index contributed by atoms with van der Waals surface area (Å²) in [7, 11) is 0. The van der Waals surface area contributed by atoms with Gasteiger partial charge in [0.05, 0.1) is 17.2 Å². The lowest BCUT2D eigenvalue weighted by atomic mass is 9.95. The van der Waals surface area contributed by atoms with Crippen LogP contribution >= 0.6 is 11.3 Å². The van der Waals surface area contributed by atoms with Gasteiger partial charge in [-0.2, -0.15) is 0 Å². The molecule has 0 spiro atoms. The number of hydrogen-bond acceptors (Lipinski definition) is 5. The first-order valence-electron chi connectivity index (χ1n) is 6.80. The van der Waals surface area contributed by atoms with Gasteiger partial charge in [-0.25, -0.2) is 14.6 Å². The lowest BCUT2D eigenvalue weighted by Gasteiger charge is -2.36. The quantitative estimate of drug-likeness (QED) is 0.767. The first-order valence-corrected chi connectivity index (χ1v) is 7.68. The van der Waals surface area contributed by atoms with Crippen LogP contribution in [0, 0.1) is 0 Å². The van der Waals surface area contributed by atoms with E-state index < -0.39 is 11.6 Å². The van der Waals surface area contributed by atoms with Gasteiger partial charge in [-0.15, -0.1) is 11.3 Å². The van der Waals surface area contributed by atoms with Crippen molar-refractivity contribution in [1.29, 1.82) is 0 Å². The van der Waals surface area contributed by atoms with Crippen LogP contribution < -0.4 is 5.32 Å². The summed E-state index contributed by atoms with van der Waals surface area (Å²) in [5.74, 6) is -1.04. The maximum absolute atomic E-state index is 12.0. The molecule has 1 unspecified atom stereocenters. The van der Waals surface area contributed by atoms with E-state index in [2.05, 4.69) is 10.3 Å². The summed E-state index contributed by atoms with van der Waals surface area (Å²) in [6.07, 6.45) is 1.98. The highest BCUT2D eigenvalue weighted by Crippen LogP contribution is 2.20. The Morgan fingerprint density at radius 2 is 2.33 bits per heavy atom. The maximum Gasteiger partial charge on any atom is 0.355 e. The van der Waals surface area contributed by atoms with Gasteiger partial charge in [-0.1, -0.05) is 0 Å². The summed E-state index contributed by atoms with van der Waals surface area (Å²) in [5.41, 5.74) is -0.783. The lowest BCUT2D eigenvalue weighted by molar-refractivity contribution is -0.00245. The van der Waals surface area contributed by atoms with E-state index in [0.29, 0.717) is 37.5 Å². The van der Waals surface area contributed by atoms with E-state index in [1.807, 2.05) is 0 Å². The Kier molecular flexibility index (Phi) is 4.79. The third-order valence-electron chi connectivity index (χ3n) is 3.35. The van der Waals surface area contributed by atoms with E-state index >= 15 is 0 Å². The van der Waals surface area contributed by atoms with E-state index in [9.17, 15) is 14.7 Å². The Morgan fingerprint density at radius 3 is 2.95 bits per heavy atom. The summed E-state index contributed by atoms with van der Waals surface area (Å²) < 4.78 is 0. The number of likely N-dealkylation sites (tertiary alicyclic amines) is 1. The summed E-state index contributed by atoms with van der Waals surface area (Å²) in [6.45, 7) is 3.10. The van der Waals surface area contributed by atoms with Gasteiger partial charge in [0.15, 0.2) is 5.69 Å². The molecule has 7 nitrogen and oxygen atoms in total. The largest absolute Gasteiger partial charge is 0.476 e. The molecule has 3 N–H and O–H groups in total. The number of carboxylic acid groups (broad SMARTS) is 1. The number of aromatic nitrogens is 1. The Morgan fingerprint density at radius 1 is 1.57 bits per heavy atom. The Labute approximate surface area is 126 Å². The van der Waals surface area contributed by atoms with Gasteiger partial charge < -0.3 is 20.4 Å². The smallest absolute Gasteiger partial charge is 0.355 e. The minimum Gasteiger partial charge on any atom is -0.476 e. The third kappa shape index (κ3) is 4.40. The van der Waals surface area contributed by atoms with Crippen molar-refractivity contribution in [2.24, 2.45) is 0 Å². The minimum absolute atomic E-state index is 0.0356. The van der Waals surface area contributed by atoms with Crippen LogP contribution in [-0.2, 0) is 6.42 Å². The van der Waals surface area contributed by atoms with Crippen LogP contribution in [-0.4, -0.2) is 57.3 Å². The van der Waals surface area contributed by atoms with Crippen molar-refractivity contribution in [3.05, 3.63) is 16.1 Å².